The molecule has 56 atom stereocenters. The van der Waals surface area contributed by atoms with Crippen molar-refractivity contribution in [2.75, 3.05) is 59.5 Å². The van der Waals surface area contributed by atoms with Gasteiger partial charge in [-0.3, -0.25) is 24.0 Å². The van der Waals surface area contributed by atoms with Crippen LogP contribution in [0.2, 0.25) is 0 Å². The summed E-state index contributed by atoms with van der Waals surface area (Å²) in [6.45, 7) is -3.73. The van der Waals surface area contributed by atoms with Crippen LogP contribution in [0.3, 0.4) is 0 Å². The molecule has 0 saturated carbocycles. The van der Waals surface area contributed by atoms with Gasteiger partial charge in [0.25, 0.3) is 5.79 Å². The molecular formula is C79H131N5O57. The number of aliphatic hydroxyl groups is 29. The SMILES string of the molecule is CC(=O)N[C@@H]1[C@@H](O[C@@H]2O[C@H](CO)[C@H](O)[C@H](O[C@]3(C(=O)O)C[C@H](O)[C@@H](NC(C)=O)[C@H]([C@H](O)[C@H](O)CO)O3)[C@H]2O)[C@@H](O)[C@@H](CO[C@@H]2O[C@H](CO)[C@@H](O[C@@H]3O[C@H](CO)[C@H](O)[C@H](O[C@@H]4O[C@H](CO)[C@@H](O[C@@H]5O[C@H](CO)[C@H](O)[C@H](O[C@@H]6O[C@H](CO)[C@@H](O[C@@H]7O[C@@H](C)[C@@H](O)[C@@H](O)[C@@H]7O)[C@H](O[C@@H]7O[C@H](CO)[C@H](O)[C@H](O)[C@H]7O)[C@H]6NC(C)=O)[C@H]5O)[C@H](O)[C@H]4NC(C)=O)[C@H]3O)[C@H](O[C@@H]3O[C@@H](C)[C@@H](O)[C@@H](O)[C@@H]3O)[C@H]2NC(C)=O)O[C@@H]1O. The predicted octanol–water partition coefficient (Wildman–Crippen LogP) is -23.0. The summed E-state index contributed by atoms with van der Waals surface area (Å²) in [5.41, 5.74) is 0. The highest BCUT2D eigenvalue weighted by molar-refractivity contribution is 5.77. The zero-order valence-electron chi connectivity index (χ0n) is 76.3. The minimum atomic E-state index is -3.32. The first-order valence-electron chi connectivity index (χ1n) is 45.0. The van der Waals surface area contributed by atoms with Crippen molar-refractivity contribution in [1.82, 2.24) is 26.6 Å². The second kappa shape index (κ2) is 50.0. The standard InChI is InChI=1S/C79H131N5O57/c1-18-40(100)49(109)52(112)72(122-18)133-60-33(16-92)131-71(39(84-24(7)97)64(60)137-74-54(114)51(111)43(103)27(10-86)125-74)139-66-45(105)28(11-87)126-75(55(66)115)132-58-31(14-90)130-70(36(48(58)108)81-21(4)94)138-65-44(104)29(12-88)127-76(56(65)116)134-59-32(15-91)129-69(38(83-23(6)96)63(59)136-73-53(113)50(110)41(101)19(2)123-73)121-17-34-47(107)61(37(68(118)124-34)82-22(5)95)135-77-57(117)67(46(106)30(13-89)128-77)141-79(78(119)120)8-25(98)35(80-20(3)93)62(140-79)42(102)26(99)9-85/h18-19,25-77,85-92,98-118H,8-17H2,1-7H3,(H,80,93)(H,81,94)(H,82,95)(H,83,96)(H,84,97)(H,119,120)/t18-,19-,25-,26+,27+,28+,29+,30+,31+,32+,33+,34+,35+,36+,37+,38+,39+,40+,41+,42+,43-,44-,45-,46-,47-,48+,49+,50+,51-,52-,53-,54+,55+,56+,57+,58+,59+,60+,61+,62+,63+,64+,65-,66-,67-,68-,69+,70-,71-,72-,73-,74-,75-,76-,77-,79-/m0/s1. The number of carbonyl (C=O) groups is 6. The highest BCUT2D eigenvalue weighted by Crippen LogP contribution is 2.44. The van der Waals surface area contributed by atoms with E-state index in [1.165, 1.54) is 13.8 Å². The van der Waals surface area contributed by atoms with Crippen molar-refractivity contribution in [2.45, 2.75) is 398 Å². The van der Waals surface area contributed by atoms with Crippen LogP contribution in [0, 0.1) is 0 Å². The van der Waals surface area contributed by atoms with Gasteiger partial charge in [-0.1, -0.05) is 0 Å². The van der Waals surface area contributed by atoms with Gasteiger partial charge in [-0.25, -0.2) is 4.79 Å². The van der Waals surface area contributed by atoms with Crippen molar-refractivity contribution >= 4 is 35.5 Å². The first kappa shape index (κ1) is 116. The average molecular weight is 2060 g/mol. The molecule has 62 heteroatoms. The topological polar surface area (TPSA) is 963 Å². The van der Waals surface area contributed by atoms with Crippen molar-refractivity contribution in [1.29, 1.82) is 0 Å². The zero-order valence-corrected chi connectivity index (χ0v) is 76.3. The lowest BCUT2D eigenvalue weighted by Gasteiger charge is -2.52. The Labute approximate surface area is 798 Å². The largest absolute Gasteiger partial charge is 0.477 e. The summed E-state index contributed by atoms with van der Waals surface area (Å²) in [6.07, 6.45) is -108. The van der Waals surface area contributed by atoms with Crippen molar-refractivity contribution in [3.63, 3.8) is 0 Å². The van der Waals surface area contributed by atoms with Crippen LogP contribution in [0.15, 0.2) is 0 Å². The molecule has 0 aromatic rings. The number of hydrogen-bond donors (Lipinski definition) is 35. The second-order valence-corrected chi connectivity index (χ2v) is 35.9. The summed E-state index contributed by atoms with van der Waals surface area (Å²) in [5, 5.41) is 349. The van der Waals surface area contributed by atoms with E-state index >= 15 is 0 Å². The summed E-state index contributed by atoms with van der Waals surface area (Å²) in [5.74, 6) is -10.4. The number of amides is 5. The number of aliphatic carboxylic acids is 1. The Morgan fingerprint density at radius 3 is 1.04 bits per heavy atom. The van der Waals surface area contributed by atoms with Gasteiger partial charge in [0.2, 0.25) is 29.5 Å². The zero-order chi connectivity index (χ0) is 104. The maximum absolute atomic E-state index is 13.6. The van der Waals surface area contributed by atoms with Crippen LogP contribution in [0.4, 0.5) is 0 Å². The molecule has 0 aromatic carbocycles. The average Bonchev–Trinajstić information content (AvgIpc) is 0.731. The molecule has 0 aliphatic carbocycles. The van der Waals surface area contributed by atoms with Gasteiger partial charge in [-0.15, -0.1) is 0 Å². The minimum absolute atomic E-state index is 0.886. The third kappa shape index (κ3) is 25.6. The van der Waals surface area contributed by atoms with Crippen LogP contribution in [0.25, 0.3) is 0 Å². The van der Waals surface area contributed by atoms with E-state index < -0.39 is 444 Å². The summed E-state index contributed by atoms with van der Waals surface area (Å²) >= 11 is 0. The van der Waals surface area contributed by atoms with Gasteiger partial charge in [0.05, 0.1) is 83.8 Å². The van der Waals surface area contributed by atoms with Crippen molar-refractivity contribution in [3.8, 4) is 0 Å². The smallest absolute Gasteiger partial charge is 0.364 e. The van der Waals surface area contributed by atoms with Gasteiger partial charge in [0.15, 0.2) is 62.9 Å². The van der Waals surface area contributed by atoms with Gasteiger partial charge in [0, 0.05) is 41.0 Å². The Balaban J connectivity index is 0.844. The van der Waals surface area contributed by atoms with E-state index in [2.05, 4.69) is 26.6 Å². The first-order chi connectivity index (χ1) is 66.5. The number of ether oxygens (including phenoxy) is 21. The fraction of sp³-hybridized carbons (Fsp3) is 0.924. The Morgan fingerprint density at radius 2 is 0.617 bits per heavy atom. The summed E-state index contributed by atoms with van der Waals surface area (Å²) in [4.78, 5) is 78.7. The van der Waals surface area contributed by atoms with Gasteiger partial charge in [-0.05, 0) is 13.8 Å². The number of rotatable bonds is 37. The third-order valence-corrected chi connectivity index (χ3v) is 25.9. The maximum atomic E-state index is 13.6. The molecule has 0 radical (unpaired) electrons. The van der Waals surface area contributed by atoms with E-state index in [1.807, 2.05) is 0 Å². The first-order valence-corrected chi connectivity index (χ1v) is 45.0. The van der Waals surface area contributed by atoms with Crippen molar-refractivity contribution in [3.05, 3.63) is 0 Å². The molecule has 35 N–H and O–H groups in total. The molecule has 0 aromatic heterocycles. The molecular weight excluding hydrogens is 1930 g/mol. The van der Waals surface area contributed by atoms with E-state index in [-0.39, 0.29) is 0 Å². The molecule has 11 aliphatic rings. The van der Waals surface area contributed by atoms with E-state index in [1.54, 1.807) is 0 Å². The number of carboxylic acid groups (broad SMARTS) is 1. The predicted molar refractivity (Wildman–Crippen MR) is 435 cm³/mol. The van der Waals surface area contributed by atoms with Crippen LogP contribution in [0.5, 0.6) is 0 Å². The molecule has 814 valence electrons. The fourth-order valence-electron chi connectivity index (χ4n) is 18.4. The van der Waals surface area contributed by atoms with Crippen molar-refractivity contribution in [2.24, 2.45) is 0 Å². The van der Waals surface area contributed by atoms with Gasteiger partial charge in [-0.2, -0.15) is 0 Å². The van der Waals surface area contributed by atoms with Gasteiger partial charge < -0.3 is 279 Å². The van der Waals surface area contributed by atoms with E-state index in [9.17, 15) is 182 Å². The molecule has 0 bridgehead atoms. The van der Waals surface area contributed by atoms with Crippen LogP contribution in [0.1, 0.15) is 54.9 Å². The molecule has 0 unspecified atom stereocenters. The fourth-order valence-corrected chi connectivity index (χ4v) is 18.4. The lowest BCUT2D eigenvalue weighted by Crippen LogP contribution is -2.72. The lowest BCUT2D eigenvalue weighted by molar-refractivity contribution is -0.394. The number of hydrogen-bond acceptors (Lipinski definition) is 56. The molecule has 11 aliphatic heterocycles. The van der Waals surface area contributed by atoms with Gasteiger partial charge >= 0.3 is 5.97 Å². The monoisotopic (exact) mass is 2060 g/mol. The molecule has 11 saturated heterocycles. The molecule has 5 amide bonds. The van der Waals surface area contributed by atoms with Crippen LogP contribution >= 0.6 is 0 Å². The van der Waals surface area contributed by atoms with Crippen LogP contribution in [-0.4, -0.2) is 591 Å². The molecule has 0 spiro atoms. The highest BCUT2D eigenvalue weighted by atomic mass is 16.8. The van der Waals surface area contributed by atoms with Gasteiger partial charge in [0.1, 0.15) is 250 Å². The Hall–Kier alpha value is -5.18. The number of aliphatic hydroxyl groups excluding tert-OH is 29. The maximum Gasteiger partial charge on any atom is 0.364 e. The lowest BCUT2D eigenvalue weighted by atomic mass is 9.88. The highest BCUT2D eigenvalue weighted by Gasteiger charge is 2.65. The molecule has 11 rings (SSSR count). The molecule has 141 heavy (non-hydrogen) atoms. The molecule has 11 fully saturated rings. The second-order valence-electron chi connectivity index (χ2n) is 35.9. The summed E-state index contributed by atoms with van der Waals surface area (Å²) in [6, 6.07) is -9.80. The Morgan fingerprint density at radius 1 is 0.305 bits per heavy atom. The van der Waals surface area contributed by atoms with E-state index in [4.69, 9.17) is 99.5 Å². The normalized spacial score (nSPS) is 48.3. The van der Waals surface area contributed by atoms with Crippen molar-refractivity contribution < 1.29 is 281 Å². The molecule has 62 nitrogen and oxygen atoms in total. The number of nitrogens with one attached hydrogen (secondary N) is 5. The van der Waals surface area contributed by atoms with E-state index in [0.29, 0.717) is 0 Å². The Kier molecular flexibility index (Phi) is 41.1. The number of carbonyl (C=O) groups excluding carboxylic acids is 5. The van der Waals surface area contributed by atoms with Crippen LogP contribution < -0.4 is 26.6 Å². The van der Waals surface area contributed by atoms with E-state index in [0.717, 1.165) is 34.6 Å². The minimum Gasteiger partial charge on any atom is -0.477 e. The quantitative estimate of drug-likeness (QED) is 0.0275. The molecule has 11 heterocycles. The summed E-state index contributed by atoms with van der Waals surface area (Å²) < 4.78 is 126. The third-order valence-electron chi connectivity index (χ3n) is 25.9. The number of carboxylic acids is 1. The van der Waals surface area contributed by atoms with Crippen LogP contribution in [-0.2, 0) is 128 Å². The Bertz CT molecular complexity index is 3990. The summed E-state index contributed by atoms with van der Waals surface area (Å²) in [7, 11) is 0.